The fraction of sp³-hybridized carbons (Fsp3) is 0.300. The summed E-state index contributed by atoms with van der Waals surface area (Å²) < 4.78 is 15.2. The number of hydrogen-bond donors (Lipinski definition) is 1. The van der Waals surface area contributed by atoms with Crippen LogP contribution in [0.3, 0.4) is 0 Å². The van der Waals surface area contributed by atoms with E-state index in [1.807, 2.05) is 67.3 Å². The number of aromatic nitrogens is 2. The molecule has 37 heavy (non-hydrogen) atoms. The summed E-state index contributed by atoms with van der Waals surface area (Å²) in [6.45, 7) is 3.98. The molecule has 1 aliphatic heterocycles. The monoisotopic (exact) mass is 496 g/mol. The van der Waals surface area contributed by atoms with Crippen molar-refractivity contribution in [3.8, 4) is 5.69 Å². The molecule has 2 amide bonds. The maximum absolute atomic E-state index is 14.1. The third-order valence-corrected chi connectivity index (χ3v) is 8.01. The first-order valence-electron chi connectivity index (χ1n) is 12.8. The van der Waals surface area contributed by atoms with Crippen molar-refractivity contribution >= 4 is 28.4 Å². The quantitative estimate of drug-likeness (QED) is 0.380. The summed E-state index contributed by atoms with van der Waals surface area (Å²) in [7, 11) is 0. The molecular weight excluding hydrogens is 467 g/mol. The van der Waals surface area contributed by atoms with Crippen LogP contribution in [-0.2, 0) is 9.59 Å². The van der Waals surface area contributed by atoms with Crippen molar-refractivity contribution in [1.82, 2.24) is 15.1 Å². The highest BCUT2D eigenvalue weighted by Crippen LogP contribution is 2.49. The van der Waals surface area contributed by atoms with Crippen LogP contribution in [0.15, 0.2) is 79.0 Å². The molecule has 6 rings (SSSR count). The van der Waals surface area contributed by atoms with E-state index in [1.54, 1.807) is 23.0 Å². The number of nitrogens with zero attached hydrogens (tertiary/aromatic N) is 3. The van der Waals surface area contributed by atoms with Crippen LogP contribution in [0.4, 0.5) is 10.1 Å². The number of carbonyl (C=O) groups is 2. The average Bonchev–Trinajstić information content (AvgIpc) is 3.66. The summed E-state index contributed by atoms with van der Waals surface area (Å²) in [5.74, 6) is -0.217. The van der Waals surface area contributed by atoms with E-state index in [4.69, 9.17) is 0 Å². The van der Waals surface area contributed by atoms with Gasteiger partial charge in [0.25, 0.3) is 0 Å². The number of anilines is 1. The summed E-state index contributed by atoms with van der Waals surface area (Å²) in [5.41, 5.74) is 2.60. The molecule has 2 aliphatic rings. The minimum absolute atomic E-state index is 0.00442. The molecule has 0 bridgehead atoms. The number of amides is 2. The van der Waals surface area contributed by atoms with Gasteiger partial charge in [-0.05, 0) is 74.2 Å². The van der Waals surface area contributed by atoms with Gasteiger partial charge in [0.2, 0.25) is 11.8 Å². The molecule has 4 aromatic rings. The SMILES string of the molecule is CC[C@@]1(C)C(=O)N(c2ccc3c(cnn3-c3ccc(F)cc3)c2)[C@H](c2ccccc2)[C@H]1NC(=O)C1CC1. The van der Waals surface area contributed by atoms with Crippen LogP contribution in [0.2, 0.25) is 0 Å². The number of hydrogen-bond acceptors (Lipinski definition) is 3. The topological polar surface area (TPSA) is 67.2 Å². The van der Waals surface area contributed by atoms with Crippen LogP contribution in [0, 0.1) is 17.2 Å². The summed E-state index contributed by atoms with van der Waals surface area (Å²) in [4.78, 5) is 28.9. The standard InChI is InChI=1S/C30H29FN4O2/c1-3-30(2)27(33-28(36)20-9-10-20)26(19-7-5-4-6-8-19)34(29(30)37)24-15-16-25-21(17-24)18-32-35(25)23-13-11-22(31)12-14-23/h4-8,11-18,20,26-27H,3,9-10H2,1-2H3,(H,33,36)/t26-,27-,30-/m1/s1. The smallest absolute Gasteiger partial charge is 0.235 e. The van der Waals surface area contributed by atoms with Gasteiger partial charge in [0.05, 0.1) is 34.9 Å². The predicted molar refractivity (Wildman–Crippen MR) is 141 cm³/mol. The fourth-order valence-corrected chi connectivity index (χ4v) is 5.49. The van der Waals surface area contributed by atoms with Crippen molar-refractivity contribution in [1.29, 1.82) is 0 Å². The van der Waals surface area contributed by atoms with E-state index < -0.39 is 5.41 Å². The normalized spacial score (nSPS) is 23.5. The van der Waals surface area contributed by atoms with Crippen LogP contribution >= 0.6 is 0 Å². The number of rotatable bonds is 6. The van der Waals surface area contributed by atoms with E-state index in [2.05, 4.69) is 10.4 Å². The highest BCUT2D eigenvalue weighted by molar-refractivity contribution is 6.03. The van der Waals surface area contributed by atoms with E-state index in [0.717, 1.165) is 40.7 Å². The zero-order chi connectivity index (χ0) is 25.7. The molecule has 0 radical (unpaired) electrons. The average molecular weight is 497 g/mol. The highest BCUT2D eigenvalue weighted by Gasteiger charge is 2.57. The van der Waals surface area contributed by atoms with Crippen LogP contribution in [0.25, 0.3) is 16.6 Å². The second-order valence-corrected chi connectivity index (χ2v) is 10.3. The third-order valence-electron chi connectivity index (χ3n) is 8.01. The Morgan fingerprint density at radius 3 is 2.43 bits per heavy atom. The fourth-order valence-electron chi connectivity index (χ4n) is 5.49. The second-order valence-electron chi connectivity index (χ2n) is 10.3. The molecule has 6 nitrogen and oxygen atoms in total. The number of nitrogens with one attached hydrogen (secondary N) is 1. The maximum atomic E-state index is 14.1. The molecule has 1 aromatic heterocycles. The Labute approximate surface area is 215 Å². The van der Waals surface area contributed by atoms with Crippen molar-refractivity contribution in [2.24, 2.45) is 11.3 Å². The molecule has 1 saturated heterocycles. The van der Waals surface area contributed by atoms with Gasteiger partial charge in [0, 0.05) is 17.0 Å². The van der Waals surface area contributed by atoms with Crippen LogP contribution in [-0.4, -0.2) is 27.6 Å². The Kier molecular flexibility index (Phi) is 5.59. The molecule has 1 N–H and O–H groups in total. The Morgan fingerprint density at radius 1 is 1.05 bits per heavy atom. The van der Waals surface area contributed by atoms with Gasteiger partial charge >= 0.3 is 0 Å². The van der Waals surface area contributed by atoms with Gasteiger partial charge in [0.1, 0.15) is 5.82 Å². The lowest BCUT2D eigenvalue weighted by Gasteiger charge is -2.32. The molecule has 7 heteroatoms. The minimum Gasteiger partial charge on any atom is -0.350 e. The number of fused-ring (bicyclic) bond motifs is 1. The van der Waals surface area contributed by atoms with Crippen molar-refractivity contribution in [2.75, 3.05) is 4.90 Å². The zero-order valence-corrected chi connectivity index (χ0v) is 20.9. The van der Waals surface area contributed by atoms with E-state index >= 15 is 0 Å². The zero-order valence-electron chi connectivity index (χ0n) is 20.9. The van der Waals surface area contributed by atoms with Crippen LogP contribution in [0.1, 0.15) is 44.7 Å². The van der Waals surface area contributed by atoms with Crippen molar-refractivity contribution in [2.45, 2.75) is 45.2 Å². The molecule has 2 heterocycles. The van der Waals surface area contributed by atoms with E-state index in [9.17, 15) is 14.0 Å². The van der Waals surface area contributed by atoms with Gasteiger partial charge in [0.15, 0.2) is 0 Å². The molecule has 3 atom stereocenters. The Balaban J connectivity index is 1.45. The predicted octanol–water partition coefficient (Wildman–Crippen LogP) is 5.56. The maximum Gasteiger partial charge on any atom is 0.235 e. The first kappa shape index (κ1) is 23.4. The van der Waals surface area contributed by atoms with Crippen LogP contribution in [0.5, 0.6) is 0 Å². The number of carbonyl (C=O) groups excluding carboxylic acids is 2. The molecule has 1 aliphatic carbocycles. The Hall–Kier alpha value is -4.00. The molecule has 188 valence electrons. The Bertz CT molecular complexity index is 1480. The van der Waals surface area contributed by atoms with Crippen LogP contribution < -0.4 is 10.2 Å². The summed E-state index contributed by atoms with van der Waals surface area (Å²) in [6.07, 6.45) is 4.17. The van der Waals surface area contributed by atoms with Gasteiger partial charge in [-0.1, -0.05) is 37.3 Å². The molecule has 0 spiro atoms. The van der Waals surface area contributed by atoms with Crippen molar-refractivity contribution in [3.05, 3.63) is 90.4 Å². The second kappa shape index (κ2) is 8.83. The van der Waals surface area contributed by atoms with Gasteiger partial charge in [-0.2, -0.15) is 5.10 Å². The first-order valence-corrected chi connectivity index (χ1v) is 12.8. The van der Waals surface area contributed by atoms with Crippen molar-refractivity contribution < 1.29 is 14.0 Å². The lowest BCUT2D eigenvalue weighted by atomic mass is 9.78. The largest absolute Gasteiger partial charge is 0.350 e. The van der Waals surface area contributed by atoms with Gasteiger partial charge in [-0.25, -0.2) is 9.07 Å². The summed E-state index contributed by atoms with van der Waals surface area (Å²) in [5, 5.41) is 8.66. The lowest BCUT2D eigenvalue weighted by molar-refractivity contribution is -0.127. The summed E-state index contributed by atoms with van der Waals surface area (Å²) in [6, 6.07) is 21.3. The highest BCUT2D eigenvalue weighted by atomic mass is 19.1. The lowest BCUT2D eigenvalue weighted by Crippen LogP contribution is -2.48. The number of benzene rings is 3. The first-order chi connectivity index (χ1) is 17.9. The third kappa shape index (κ3) is 3.89. The van der Waals surface area contributed by atoms with Gasteiger partial charge < -0.3 is 10.2 Å². The molecule has 2 fully saturated rings. The molecular formula is C30H29FN4O2. The van der Waals surface area contributed by atoms with Crippen molar-refractivity contribution in [3.63, 3.8) is 0 Å². The van der Waals surface area contributed by atoms with Gasteiger partial charge in [-0.3, -0.25) is 9.59 Å². The van der Waals surface area contributed by atoms with Gasteiger partial charge in [-0.15, -0.1) is 0 Å². The minimum atomic E-state index is -0.752. The Morgan fingerprint density at radius 2 is 1.76 bits per heavy atom. The molecule has 3 aromatic carbocycles. The number of halogens is 1. The summed E-state index contributed by atoms with van der Waals surface area (Å²) >= 11 is 0. The molecule has 0 unspecified atom stereocenters. The van der Waals surface area contributed by atoms with E-state index in [-0.39, 0.29) is 35.6 Å². The van der Waals surface area contributed by atoms with E-state index in [1.165, 1.54) is 12.1 Å². The van der Waals surface area contributed by atoms with E-state index in [0.29, 0.717) is 6.42 Å². The molecule has 1 saturated carbocycles.